The lowest BCUT2D eigenvalue weighted by Gasteiger charge is -2.21. The van der Waals surface area contributed by atoms with Gasteiger partial charge < -0.3 is 15.4 Å². The van der Waals surface area contributed by atoms with Gasteiger partial charge in [-0.25, -0.2) is 0 Å². The van der Waals surface area contributed by atoms with Crippen molar-refractivity contribution in [1.29, 1.82) is 0 Å². The highest BCUT2D eigenvalue weighted by Crippen LogP contribution is 2.32. The molecule has 0 heterocycles. The molecule has 28 heavy (non-hydrogen) atoms. The number of hydrogen-bond donors (Lipinski definition) is 2. The van der Waals surface area contributed by atoms with Crippen LogP contribution in [0.3, 0.4) is 0 Å². The van der Waals surface area contributed by atoms with E-state index >= 15 is 0 Å². The van der Waals surface area contributed by atoms with Gasteiger partial charge in [-0.3, -0.25) is 9.59 Å². The minimum absolute atomic E-state index is 0.164. The van der Waals surface area contributed by atoms with Gasteiger partial charge in [0.25, 0.3) is 0 Å². The molecule has 0 fully saturated rings. The van der Waals surface area contributed by atoms with E-state index in [0.717, 1.165) is 11.4 Å². The van der Waals surface area contributed by atoms with Crippen LogP contribution in [-0.4, -0.2) is 23.8 Å². The van der Waals surface area contributed by atoms with E-state index in [1.165, 1.54) is 0 Å². The summed E-state index contributed by atoms with van der Waals surface area (Å²) < 4.78 is 5.14. The number of rotatable bonds is 3. The standard InChI is InChI=1S/C22H16N2O3S/c1-27-14-11-9-13(10-12-14)23-22(28)24-18-8-4-7-17-19(18)21(26)16-6-3-2-5-15(16)20(17)25/h2-12H,1H3,(H2,23,24,28). The first-order chi connectivity index (χ1) is 13.6. The molecule has 0 radical (unpaired) electrons. The summed E-state index contributed by atoms with van der Waals surface area (Å²) in [7, 11) is 1.60. The number of ketones is 2. The number of carbonyl (C=O) groups is 2. The van der Waals surface area contributed by atoms with Crippen molar-refractivity contribution in [1.82, 2.24) is 0 Å². The Hall–Kier alpha value is -3.51. The fraction of sp³-hybridized carbons (Fsp3) is 0.0455. The molecule has 138 valence electrons. The Kier molecular flexibility index (Phi) is 4.63. The Morgan fingerprint density at radius 3 is 2.11 bits per heavy atom. The minimum atomic E-state index is -0.194. The average molecular weight is 388 g/mol. The topological polar surface area (TPSA) is 67.4 Å². The summed E-state index contributed by atoms with van der Waals surface area (Å²) in [6, 6.07) is 19.3. The normalized spacial score (nSPS) is 12.0. The highest BCUT2D eigenvalue weighted by Gasteiger charge is 2.31. The summed E-state index contributed by atoms with van der Waals surface area (Å²) in [4.78, 5) is 25.8. The number of nitrogens with one attached hydrogen (secondary N) is 2. The number of ether oxygens (including phenoxy) is 1. The maximum absolute atomic E-state index is 13.0. The summed E-state index contributed by atoms with van der Waals surface area (Å²) >= 11 is 5.38. The number of carbonyl (C=O) groups excluding carboxylic acids is 2. The summed E-state index contributed by atoms with van der Waals surface area (Å²) in [6.07, 6.45) is 0. The van der Waals surface area contributed by atoms with Crippen molar-refractivity contribution in [2.24, 2.45) is 0 Å². The Morgan fingerprint density at radius 1 is 0.786 bits per heavy atom. The molecular weight excluding hydrogens is 372 g/mol. The second-order valence-corrected chi connectivity index (χ2v) is 6.65. The maximum atomic E-state index is 13.0. The largest absolute Gasteiger partial charge is 0.497 e. The van der Waals surface area contributed by atoms with Crippen molar-refractivity contribution in [2.45, 2.75) is 0 Å². The second-order valence-electron chi connectivity index (χ2n) is 6.24. The number of anilines is 2. The van der Waals surface area contributed by atoms with E-state index in [-0.39, 0.29) is 11.6 Å². The summed E-state index contributed by atoms with van der Waals surface area (Å²) in [6.45, 7) is 0. The SMILES string of the molecule is COc1ccc(NC(=S)Nc2cccc3c2C(=O)c2ccccc2C3=O)cc1. The first-order valence-electron chi connectivity index (χ1n) is 8.62. The lowest BCUT2D eigenvalue weighted by molar-refractivity contribution is 0.0979. The zero-order valence-corrected chi connectivity index (χ0v) is 15.8. The van der Waals surface area contributed by atoms with Crippen molar-refractivity contribution in [3.8, 4) is 5.75 Å². The van der Waals surface area contributed by atoms with Crippen LogP contribution in [0.1, 0.15) is 31.8 Å². The number of benzene rings is 3. The fourth-order valence-corrected chi connectivity index (χ4v) is 3.44. The molecule has 3 aromatic rings. The molecule has 4 rings (SSSR count). The van der Waals surface area contributed by atoms with Crippen molar-refractivity contribution < 1.29 is 14.3 Å². The molecular formula is C22H16N2O3S. The molecule has 5 nitrogen and oxygen atoms in total. The van der Waals surface area contributed by atoms with Gasteiger partial charge in [-0.2, -0.15) is 0 Å². The quantitative estimate of drug-likeness (QED) is 0.511. The van der Waals surface area contributed by atoms with E-state index in [9.17, 15) is 9.59 Å². The van der Waals surface area contributed by atoms with Crippen LogP contribution in [0.2, 0.25) is 0 Å². The molecule has 6 heteroatoms. The van der Waals surface area contributed by atoms with E-state index in [1.807, 2.05) is 24.3 Å². The molecule has 0 aromatic heterocycles. The van der Waals surface area contributed by atoms with Gasteiger partial charge in [0.15, 0.2) is 16.7 Å². The first-order valence-corrected chi connectivity index (χ1v) is 9.03. The monoisotopic (exact) mass is 388 g/mol. The maximum Gasteiger partial charge on any atom is 0.196 e. The third-order valence-electron chi connectivity index (χ3n) is 4.55. The summed E-state index contributed by atoms with van der Waals surface area (Å²) in [5.41, 5.74) is 2.82. The number of hydrogen-bond acceptors (Lipinski definition) is 4. The Labute approximate surface area is 167 Å². The van der Waals surface area contributed by atoms with Crippen LogP contribution in [0.15, 0.2) is 66.7 Å². The first kappa shape index (κ1) is 17.9. The molecule has 0 aliphatic heterocycles. The van der Waals surface area contributed by atoms with Crippen molar-refractivity contribution in [2.75, 3.05) is 17.7 Å². The van der Waals surface area contributed by atoms with Crippen LogP contribution in [-0.2, 0) is 0 Å². The zero-order valence-electron chi connectivity index (χ0n) is 15.0. The smallest absolute Gasteiger partial charge is 0.196 e. The third kappa shape index (κ3) is 3.14. The molecule has 0 bridgehead atoms. The van der Waals surface area contributed by atoms with E-state index < -0.39 is 0 Å². The molecule has 0 saturated heterocycles. The molecule has 2 N–H and O–H groups in total. The second kappa shape index (κ2) is 7.25. The van der Waals surface area contributed by atoms with E-state index in [0.29, 0.717) is 33.1 Å². The molecule has 0 saturated carbocycles. The van der Waals surface area contributed by atoms with Gasteiger partial charge in [-0.1, -0.05) is 36.4 Å². The minimum Gasteiger partial charge on any atom is -0.497 e. The van der Waals surface area contributed by atoms with Crippen LogP contribution < -0.4 is 15.4 Å². The lowest BCUT2D eigenvalue weighted by atomic mass is 9.83. The number of fused-ring (bicyclic) bond motifs is 2. The van der Waals surface area contributed by atoms with Gasteiger partial charge in [0, 0.05) is 22.4 Å². The van der Waals surface area contributed by atoms with Crippen molar-refractivity contribution in [3.05, 3.63) is 89.0 Å². The summed E-state index contributed by atoms with van der Waals surface area (Å²) in [5, 5.41) is 6.42. The molecule has 0 amide bonds. The zero-order chi connectivity index (χ0) is 19.7. The van der Waals surface area contributed by atoms with Gasteiger partial charge in [-0.15, -0.1) is 0 Å². The van der Waals surface area contributed by atoms with Crippen molar-refractivity contribution >= 4 is 40.3 Å². The molecule has 0 spiro atoms. The van der Waals surface area contributed by atoms with Crippen molar-refractivity contribution in [3.63, 3.8) is 0 Å². The highest BCUT2D eigenvalue weighted by molar-refractivity contribution is 7.80. The predicted molar refractivity (Wildman–Crippen MR) is 113 cm³/mol. The predicted octanol–water partition coefficient (Wildman–Crippen LogP) is 4.28. The van der Waals surface area contributed by atoms with Crippen LogP contribution in [0.25, 0.3) is 0 Å². The number of methoxy groups -OCH3 is 1. The van der Waals surface area contributed by atoms with Gasteiger partial charge in [0.2, 0.25) is 0 Å². The Bertz CT molecular complexity index is 1110. The Morgan fingerprint density at radius 2 is 1.43 bits per heavy atom. The van der Waals surface area contributed by atoms with E-state index in [2.05, 4.69) is 10.6 Å². The van der Waals surface area contributed by atoms with Gasteiger partial charge in [-0.05, 0) is 42.5 Å². The molecule has 0 unspecified atom stereocenters. The third-order valence-corrected chi connectivity index (χ3v) is 4.75. The lowest BCUT2D eigenvalue weighted by Crippen LogP contribution is -2.25. The van der Waals surface area contributed by atoms with Crippen LogP contribution in [0.5, 0.6) is 5.75 Å². The summed E-state index contributed by atoms with van der Waals surface area (Å²) in [5.74, 6) is 0.382. The molecule has 1 aliphatic carbocycles. The van der Waals surface area contributed by atoms with Crippen LogP contribution in [0.4, 0.5) is 11.4 Å². The van der Waals surface area contributed by atoms with Gasteiger partial charge in [0.1, 0.15) is 5.75 Å². The van der Waals surface area contributed by atoms with Gasteiger partial charge in [0.05, 0.1) is 18.4 Å². The fourth-order valence-electron chi connectivity index (χ4n) is 3.21. The molecule has 1 aliphatic rings. The number of thiocarbonyl (C=S) groups is 1. The van der Waals surface area contributed by atoms with Gasteiger partial charge >= 0.3 is 0 Å². The van der Waals surface area contributed by atoms with E-state index in [4.69, 9.17) is 17.0 Å². The Balaban J connectivity index is 1.62. The van der Waals surface area contributed by atoms with Crippen LogP contribution in [0, 0.1) is 0 Å². The molecule has 0 atom stereocenters. The average Bonchev–Trinajstić information content (AvgIpc) is 2.72. The molecule has 3 aromatic carbocycles. The van der Waals surface area contributed by atoms with Crippen LogP contribution >= 0.6 is 12.2 Å². The van der Waals surface area contributed by atoms with E-state index in [1.54, 1.807) is 49.6 Å². The highest BCUT2D eigenvalue weighted by atomic mass is 32.1.